The number of hydrogen-bond donors (Lipinski definition) is 2. The summed E-state index contributed by atoms with van der Waals surface area (Å²) in [6, 6.07) is 10.1. The molecule has 0 bridgehead atoms. The first-order valence-electron chi connectivity index (χ1n) is 8.07. The monoisotopic (exact) mass is 342 g/mol. The van der Waals surface area contributed by atoms with Gasteiger partial charge in [0.2, 0.25) is 0 Å². The number of benzene rings is 1. The smallest absolute Gasteiger partial charge is 0.339 e. The third kappa shape index (κ3) is 5.27. The molecule has 0 aliphatic carbocycles. The fraction of sp³-hybridized carbons (Fsp3) is 0.333. The molecule has 1 amide bonds. The van der Waals surface area contributed by atoms with Gasteiger partial charge < -0.3 is 15.4 Å². The van der Waals surface area contributed by atoms with E-state index in [1.165, 1.54) is 7.11 Å². The quantitative estimate of drug-likeness (QED) is 0.752. The summed E-state index contributed by atoms with van der Waals surface area (Å²) < 4.78 is 4.75. The molecule has 25 heavy (non-hydrogen) atoms. The number of carbonyl (C=O) groups excluding carboxylic acids is 2. The Bertz CT molecular complexity index is 729. The minimum Gasteiger partial charge on any atom is -0.465 e. The molecule has 132 valence electrons. The summed E-state index contributed by atoms with van der Waals surface area (Å²) in [6.45, 7) is 4.79. The van der Waals surface area contributed by atoms with Crippen LogP contribution in [0.3, 0.4) is 0 Å². The second-order valence-corrected chi connectivity index (χ2v) is 5.90. The van der Waals surface area contributed by atoms with Crippen molar-refractivity contribution in [3.63, 3.8) is 0 Å². The van der Waals surface area contributed by atoms with E-state index in [0.717, 1.165) is 6.42 Å². The number of nitrogens with zero attached hydrogens (tertiary/aromatic N) is 2. The molecule has 1 aromatic heterocycles. The Morgan fingerprint density at radius 1 is 1.12 bits per heavy atom. The van der Waals surface area contributed by atoms with Crippen molar-refractivity contribution >= 4 is 23.4 Å². The van der Waals surface area contributed by atoms with Gasteiger partial charge in [0.25, 0.3) is 5.91 Å². The molecular weight excluding hydrogens is 320 g/mol. The highest BCUT2D eigenvalue weighted by Crippen LogP contribution is 2.20. The molecule has 0 radical (unpaired) electrons. The molecule has 1 aromatic carbocycles. The van der Waals surface area contributed by atoms with Gasteiger partial charge in [-0.2, -0.15) is 0 Å². The maximum atomic E-state index is 12.0. The van der Waals surface area contributed by atoms with Crippen molar-refractivity contribution < 1.29 is 14.3 Å². The van der Waals surface area contributed by atoms with E-state index in [9.17, 15) is 9.59 Å². The summed E-state index contributed by atoms with van der Waals surface area (Å²) in [5.41, 5.74) is 1.19. The van der Waals surface area contributed by atoms with Crippen LogP contribution >= 0.6 is 0 Å². The Kier molecular flexibility index (Phi) is 6.45. The van der Waals surface area contributed by atoms with Gasteiger partial charge in [0, 0.05) is 6.54 Å². The number of methoxy groups -OCH3 is 1. The van der Waals surface area contributed by atoms with Crippen LogP contribution < -0.4 is 10.6 Å². The van der Waals surface area contributed by atoms with E-state index in [1.54, 1.807) is 36.4 Å². The van der Waals surface area contributed by atoms with Crippen LogP contribution in [0.2, 0.25) is 0 Å². The zero-order chi connectivity index (χ0) is 18.2. The summed E-state index contributed by atoms with van der Waals surface area (Å²) in [6.07, 6.45) is 0.906. The molecule has 0 fully saturated rings. The van der Waals surface area contributed by atoms with E-state index >= 15 is 0 Å². The van der Waals surface area contributed by atoms with Gasteiger partial charge in [-0.15, -0.1) is 10.2 Å². The highest BCUT2D eigenvalue weighted by Gasteiger charge is 2.12. The van der Waals surface area contributed by atoms with E-state index in [2.05, 4.69) is 34.7 Å². The fourth-order valence-corrected chi connectivity index (χ4v) is 2.10. The molecule has 0 aliphatic heterocycles. The Balaban J connectivity index is 2.04. The van der Waals surface area contributed by atoms with Crippen LogP contribution in [0, 0.1) is 5.92 Å². The van der Waals surface area contributed by atoms with Crippen molar-refractivity contribution in [2.45, 2.75) is 20.3 Å². The maximum Gasteiger partial charge on any atom is 0.339 e. The minimum absolute atomic E-state index is 0.246. The van der Waals surface area contributed by atoms with Crippen LogP contribution in [0.5, 0.6) is 0 Å². The summed E-state index contributed by atoms with van der Waals surface area (Å²) in [5.74, 6) is 0.245. The third-order valence-electron chi connectivity index (χ3n) is 3.50. The Labute approximate surface area is 146 Å². The predicted octanol–water partition coefficient (Wildman–Crippen LogP) is 2.78. The van der Waals surface area contributed by atoms with Crippen molar-refractivity contribution in [1.82, 2.24) is 15.5 Å². The van der Waals surface area contributed by atoms with Crippen LogP contribution in [-0.4, -0.2) is 35.7 Å². The molecule has 0 unspecified atom stereocenters. The van der Waals surface area contributed by atoms with Gasteiger partial charge in [0.05, 0.1) is 18.4 Å². The van der Waals surface area contributed by atoms with Crippen molar-refractivity contribution in [3.8, 4) is 0 Å². The number of rotatable bonds is 7. The number of ether oxygens (including phenoxy) is 1. The lowest BCUT2D eigenvalue weighted by Crippen LogP contribution is -2.26. The maximum absolute atomic E-state index is 12.0. The number of carbonyl (C=O) groups is 2. The molecule has 2 N–H and O–H groups in total. The van der Waals surface area contributed by atoms with Gasteiger partial charge in [-0.3, -0.25) is 4.79 Å². The van der Waals surface area contributed by atoms with Crippen molar-refractivity contribution in [2.75, 3.05) is 19.0 Å². The molecule has 1 heterocycles. The van der Waals surface area contributed by atoms with E-state index in [-0.39, 0.29) is 11.6 Å². The van der Waals surface area contributed by atoms with Gasteiger partial charge >= 0.3 is 5.97 Å². The van der Waals surface area contributed by atoms with Crippen LogP contribution in [0.25, 0.3) is 0 Å². The standard InChI is InChI=1S/C18H22N4O3/c1-12(2)10-11-19-17(23)15-8-9-16(22-21-15)20-14-7-5-4-6-13(14)18(24)25-3/h4-9,12H,10-11H2,1-3H3,(H,19,23)(H,20,22). The molecular formula is C18H22N4O3. The SMILES string of the molecule is COC(=O)c1ccccc1Nc1ccc(C(=O)NCCC(C)C)nn1. The van der Waals surface area contributed by atoms with Crippen molar-refractivity contribution in [1.29, 1.82) is 0 Å². The summed E-state index contributed by atoms with van der Waals surface area (Å²) in [5, 5.41) is 13.7. The number of para-hydroxylation sites is 1. The number of esters is 1. The summed E-state index contributed by atoms with van der Waals surface area (Å²) in [7, 11) is 1.33. The van der Waals surface area contributed by atoms with Crippen LogP contribution in [-0.2, 0) is 4.74 Å². The lowest BCUT2D eigenvalue weighted by Gasteiger charge is -2.10. The first kappa shape index (κ1) is 18.4. The van der Waals surface area contributed by atoms with E-state index < -0.39 is 5.97 Å². The van der Waals surface area contributed by atoms with Crippen molar-refractivity contribution in [3.05, 3.63) is 47.7 Å². The van der Waals surface area contributed by atoms with Gasteiger partial charge in [0.1, 0.15) is 0 Å². The number of nitrogens with one attached hydrogen (secondary N) is 2. The number of hydrogen-bond acceptors (Lipinski definition) is 6. The average Bonchev–Trinajstić information content (AvgIpc) is 2.61. The zero-order valence-electron chi connectivity index (χ0n) is 14.6. The van der Waals surface area contributed by atoms with Crippen LogP contribution in [0.1, 0.15) is 41.1 Å². The normalized spacial score (nSPS) is 10.4. The first-order chi connectivity index (χ1) is 12.0. The molecule has 2 rings (SSSR count). The van der Waals surface area contributed by atoms with Crippen molar-refractivity contribution in [2.24, 2.45) is 5.92 Å². The summed E-state index contributed by atoms with van der Waals surface area (Å²) >= 11 is 0. The van der Waals surface area contributed by atoms with Gasteiger partial charge in [0.15, 0.2) is 11.5 Å². The third-order valence-corrected chi connectivity index (χ3v) is 3.50. The van der Waals surface area contributed by atoms with E-state index in [1.807, 2.05) is 0 Å². The first-order valence-corrected chi connectivity index (χ1v) is 8.07. The largest absolute Gasteiger partial charge is 0.465 e. The highest BCUT2D eigenvalue weighted by molar-refractivity contribution is 5.96. The molecule has 0 aliphatic rings. The molecule has 0 saturated heterocycles. The molecule has 7 nitrogen and oxygen atoms in total. The predicted molar refractivity (Wildman–Crippen MR) is 94.9 cm³/mol. The Hall–Kier alpha value is -2.96. The fourth-order valence-electron chi connectivity index (χ4n) is 2.10. The molecule has 0 saturated carbocycles. The van der Waals surface area contributed by atoms with Crippen LogP contribution in [0.15, 0.2) is 36.4 Å². The Morgan fingerprint density at radius 2 is 1.88 bits per heavy atom. The molecule has 2 aromatic rings. The number of aromatic nitrogens is 2. The second kappa shape index (κ2) is 8.77. The number of amides is 1. The Morgan fingerprint density at radius 3 is 2.52 bits per heavy atom. The van der Waals surface area contributed by atoms with E-state index in [0.29, 0.717) is 29.5 Å². The topological polar surface area (TPSA) is 93.2 Å². The van der Waals surface area contributed by atoms with Crippen LogP contribution in [0.4, 0.5) is 11.5 Å². The number of anilines is 2. The second-order valence-electron chi connectivity index (χ2n) is 5.90. The summed E-state index contributed by atoms with van der Waals surface area (Å²) in [4.78, 5) is 23.7. The highest BCUT2D eigenvalue weighted by atomic mass is 16.5. The van der Waals surface area contributed by atoms with Gasteiger partial charge in [-0.25, -0.2) is 4.79 Å². The average molecular weight is 342 g/mol. The molecule has 0 spiro atoms. The lowest BCUT2D eigenvalue weighted by atomic mass is 10.1. The lowest BCUT2D eigenvalue weighted by molar-refractivity contribution is 0.0601. The minimum atomic E-state index is -0.447. The van der Waals surface area contributed by atoms with Gasteiger partial charge in [-0.1, -0.05) is 26.0 Å². The van der Waals surface area contributed by atoms with E-state index in [4.69, 9.17) is 4.74 Å². The molecule has 0 atom stereocenters. The molecule has 7 heteroatoms. The van der Waals surface area contributed by atoms with Gasteiger partial charge in [-0.05, 0) is 36.6 Å². The zero-order valence-corrected chi connectivity index (χ0v) is 14.6.